The van der Waals surface area contributed by atoms with Crippen molar-refractivity contribution in [3.05, 3.63) is 36.5 Å². The van der Waals surface area contributed by atoms with Gasteiger partial charge in [-0.15, -0.1) is 0 Å². The highest BCUT2D eigenvalue weighted by Crippen LogP contribution is 2.17. The Labute approximate surface area is 348 Å². The van der Waals surface area contributed by atoms with Crippen LogP contribution >= 0.6 is 0 Å². The van der Waals surface area contributed by atoms with Gasteiger partial charge >= 0.3 is 0 Å². The van der Waals surface area contributed by atoms with Gasteiger partial charge in [0.25, 0.3) is 0 Å². The van der Waals surface area contributed by atoms with E-state index in [0.717, 1.165) is 100 Å². The van der Waals surface area contributed by atoms with E-state index in [1.54, 1.807) is 0 Å². The molecule has 6 nitrogen and oxygen atoms in total. The first-order chi connectivity index (χ1) is 27.3. The summed E-state index contributed by atoms with van der Waals surface area (Å²) in [5.74, 6) is 0.735. The normalized spacial score (nSPS) is 17.2. The summed E-state index contributed by atoms with van der Waals surface area (Å²) < 4.78 is 2.05. The van der Waals surface area contributed by atoms with E-state index in [9.17, 15) is 9.59 Å². The molecule has 2 rings (SSSR count). The van der Waals surface area contributed by atoms with Crippen LogP contribution in [0.1, 0.15) is 194 Å². The summed E-state index contributed by atoms with van der Waals surface area (Å²) in [6.07, 6.45) is 49.4. The zero-order valence-electron chi connectivity index (χ0n) is 37.9. The Morgan fingerprint density at radius 3 is 0.964 bits per heavy atom. The van der Waals surface area contributed by atoms with E-state index in [1.165, 1.54) is 154 Å². The molecule has 56 heavy (non-hydrogen) atoms. The summed E-state index contributed by atoms with van der Waals surface area (Å²) in [6, 6.07) is 0. The van der Waals surface area contributed by atoms with Gasteiger partial charge in [0.05, 0.1) is 79.5 Å². The summed E-state index contributed by atoms with van der Waals surface area (Å²) in [7, 11) is 4.71. The lowest BCUT2D eigenvalue weighted by Gasteiger charge is -2.42. The van der Waals surface area contributed by atoms with Gasteiger partial charge in [0.15, 0.2) is 0 Å². The highest BCUT2D eigenvalue weighted by molar-refractivity contribution is 5.76. The Balaban J connectivity index is 1.44. The Kier molecular flexibility index (Phi) is 29.6. The summed E-state index contributed by atoms with van der Waals surface area (Å²) in [5, 5.41) is 0. The second-order valence-electron chi connectivity index (χ2n) is 18.4. The van der Waals surface area contributed by atoms with E-state index < -0.39 is 0 Å². The van der Waals surface area contributed by atoms with E-state index in [2.05, 4.69) is 74.2 Å². The SMILES string of the molecule is CCCCCCCC/C=C\CCCCCCCC(=O)N1CC[N+](C)(C/C=C/C[N+]2(C)CCN(C(=O)CCCCCCC/C=C\CCCCCCCC)CC2)CC1. The minimum atomic E-state index is 0.368. The molecular weight excluding hydrogens is 689 g/mol. The van der Waals surface area contributed by atoms with Crippen LogP contribution < -0.4 is 0 Å². The fraction of sp³-hybridized carbons (Fsp3) is 0.840. The monoisotopic (exact) mass is 783 g/mol. The van der Waals surface area contributed by atoms with Gasteiger partial charge in [0, 0.05) is 12.8 Å². The van der Waals surface area contributed by atoms with Gasteiger partial charge in [-0.05, 0) is 76.4 Å². The lowest BCUT2D eigenvalue weighted by Crippen LogP contribution is -2.59. The average Bonchev–Trinajstić information content (AvgIpc) is 3.20. The van der Waals surface area contributed by atoms with Crippen molar-refractivity contribution in [2.24, 2.45) is 0 Å². The van der Waals surface area contributed by atoms with Crippen molar-refractivity contribution in [3.63, 3.8) is 0 Å². The molecule has 0 aromatic rings. The number of nitrogens with zero attached hydrogens (tertiary/aromatic N) is 4. The van der Waals surface area contributed by atoms with Crippen LogP contribution in [0.3, 0.4) is 0 Å². The number of quaternary nitrogens is 2. The third-order valence-electron chi connectivity index (χ3n) is 12.9. The largest absolute Gasteiger partial charge is 0.331 e. The number of unbranched alkanes of at least 4 members (excludes halogenated alkanes) is 22. The summed E-state index contributed by atoms with van der Waals surface area (Å²) >= 11 is 0. The summed E-state index contributed by atoms with van der Waals surface area (Å²) in [4.78, 5) is 30.1. The quantitative estimate of drug-likeness (QED) is 0.0371. The highest BCUT2D eigenvalue weighted by Gasteiger charge is 2.31. The molecule has 0 aromatic heterocycles. The van der Waals surface area contributed by atoms with Gasteiger partial charge in [-0.3, -0.25) is 9.59 Å². The minimum absolute atomic E-state index is 0.368. The van der Waals surface area contributed by atoms with Crippen LogP contribution in [0.4, 0.5) is 0 Å². The van der Waals surface area contributed by atoms with E-state index in [0.29, 0.717) is 11.8 Å². The van der Waals surface area contributed by atoms with Gasteiger partial charge in [-0.25, -0.2) is 0 Å². The van der Waals surface area contributed by atoms with Crippen LogP contribution in [0.25, 0.3) is 0 Å². The lowest BCUT2D eigenvalue weighted by atomic mass is 10.1. The van der Waals surface area contributed by atoms with Gasteiger partial charge < -0.3 is 18.8 Å². The van der Waals surface area contributed by atoms with E-state index >= 15 is 0 Å². The maximum Gasteiger partial charge on any atom is 0.222 e. The van der Waals surface area contributed by atoms with Crippen molar-refractivity contribution in [1.82, 2.24) is 9.80 Å². The number of carbonyl (C=O) groups excluding carboxylic acids is 2. The molecule has 2 heterocycles. The number of piperazine rings is 2. The zero-order valence-corrected chi connectivity index (χ0v) is 37.9. The molecule has 2 aliphatic rings. The molecule has 0 spiro atoms. The fourth-order valence-corrected chi connectivity index (χ4v) is 8.43. The topological polar surface area (TPSA) is 40.6 Å². The van der Waals surface area contributed by atoms with Crippen LogP contribution in [-0.2, 0) is 9.59 Å². The second-order valence-corrected chi connectivity index (χ2v) is 18.4. The summed E-state index contributed by atoms with van der Waals surface area (Å²) in [6.45, 7) is 14.4. The third kappa shape index (κ3) is 25.4. The molecule has 0 N–H and O–H groups in total. The van der Waals surface area contributed by atoms with Gasteiger partial charge in [-0.1, -0.05) is 141 Å². The standard InChI is InChI=1S/C50H94N4O2/c1-5-7-9-11-13-15-17-19-21-23-25-27-29-31-33-37-49(55)51-39-45-53(3,46-40-51)43-35-36-44-54(4)47-41-52(42-48-54)50(56)38-34-32-30-28-26-24-22-20-18-16-14-12-10-8-6-2/h19-22,35-36H,5-18,23-34,37-48H2,1-4H3/q+2/b21-19-,22-20-,36-35+. The second kappa shape index (κ2) is 33.0. The molecule has 2 fully saturated rings. The zero-order chi connectivity index (χ0) is 40.4. The van der Waals surface area contributed by atoms with Crippen LogP contribution in [0.15, 0.2) is 36.5 Å². The van der Waals surface area contributed by atoms with E-state index in [4.69, 9.17) is 0 Å². The van der Waals surface area contributed by atoms with Crippen LogP contribution in [0.5, 0.6) is 0 Å². The molecule has 324 valence electrons. The number of rotatable bonds is 34. The van der Waals surface area contributed by atoms with Gasteiger partial charge in [0.1, 0.15) is 0 Å². The highest BCUT2D eigenvalue weighted by atomic mass is 16.2. The maximum atomic E-state index is 12.9. The van der Waals surface area contributed by atoms with Crippen molar-refractivity contribution in [2.75, 3.05) is 79.5 Å². The van der Waals surface area contributed by atoms with Crippen molar-refractivity contribution in [3.8, 4) is 0 Å². The minimum Gasteiger partial charge on any atom is -0.331 e. The first-order valence-electron chi connectivity index (χ1n) is 24.5. The molecular formula is C50H94N4O2+2. The van der Waals surface area contributed by atoms with E-state index in [-0.39, 0.29) is 0 Å². The molecule has 0 atom stereocenters. The number of likely N-dealkylation sites (N-methyl/N-ethyl adjacent to an activating group) is 2. The van der Waals surface area contributed by atoms with Crippen LogP contribution in [0.2, 0.25) is 0 Å². The molecule has 0 saturated carbocycles. The van der Waals surface area contributed by atoms with Crippen LogP contribution in [-0.4, -0.2) is 110 Å². The molecule has 0 aromatic carbocycles. The van der Waals surface area contributed by atoms with Gasteiger partial charge in [-0.2, -0.15) is 0 Å². The smallest absolute Gasteiger partial charge is 0.222 e. The Bertz CT molecular complexity index is 969. The number of hydrogen-bond donors (Lipinski definition) is 0. The Morgan fingerprint density at radius 1 is 0.393 bits per heavy atom. The molecule has 2 amide bonds. The molecule has 0 unspecified atom stereocenters. The molecule has 0 bridgehead atoms. The molecule has 0 radical (unpaired) electrons. The fourth-order valence-electron chi connectivity index (χ4n) is 8.43. The first-order valence-corrected chi connectivity index (χ1v) is 24.5. The van der Waals surface area contributed by atoms with Crippen LogP contribution in [0, 0.1) is 0 Å². The number of hydrogen-bond acceptors (Lipinski definition) is 2. The molecule has 0 aliphatic carbocycles. The van der Waals surface area contributed by atoms with Crippen molar-refractivity contribution in [1.29, 1.82) is 0 Å². The molecule has 2 aliphatic heterocycles. The molecule has 2 saturated heterocycles. The Morgan fingerprint density at radius 2 is 0.661 bits per heavy atom. The maximum absolute atomic E-state index is 12.9. The molecule has 6 heteroatoms. The number of allylic oxidation sites excluding steroid dienone is 4. The van der Waals surface area contributed by atoms with Crippen molar-refractivity contribution >= 4 is 11.8 Å². The predicted molar refractivity (Wildman–Crippen MR) is 243 cm³/mol. The van der Waals surface area contributed by atoms with E-state index in [1.807, 2.05) is 0 Å². The van der Waals surface area contributed by atoms with Crippen molar-refractivity contribution in [2.45, 2.75) is 194 Å². The average molecular weight is 783 g/mol. The number of carbonyl (C=O) groups is 2. The van der Waals surface area contributed by atoms with Gasteiger partial charge in [0.2, 0.25) is 11.8 Å². The van der Waals surface area contributed by atoms with Crippen molar-refractivity contribution < 1.29 is 18.6 Å². The first kappa shape index (κ1) is 50.2. The Hall–Kier alpha value is -1.92. The third-order valence-corrected chi connectivity index (χ3v) is 12.9. The predicted octanol–water partition coefficient (Wildman–Crippen LogP) is 12.2. The number of amides is 2. The summed E-state index contributed by atoms with van der Waals surface area (Å²) in [5.41, 5.74) is 0. The lowest BCUT2D eigenvalue weighted by molar-refractivity contribution is -0.909.